The quantitative estimate of drug-likeness (QED) is 0.174. The fourth-order valence-corrected chi connectivity index (χ4v) is 6.46. The van der Waals surface area contributed by atoms with Gasteiger partial charge in [0.1, 0.15) is 11.9 Å². The van der Waals surface area contributed by atoms with Gasteiger partial charge in [0, 0.05) is 37.5 Å². The van der Waals surface area contributed by atoms with E-state index in [4.69, 9.17) is 15.2 Å². The van der Waals surface area contributed by atoms with E-state index in [9.17, 15) is 27.5 Å². The van der Waals surface area contributed by atoms with Gasteiger partial charge in [-0.3, -0.25) is 4.79 Å². The number of nitrogens with zero attached hydrogens (tertiary/aromatic N) is 5. The molecule has 15 heteroatoms. The van der Waals surface area contributed by atoms with E-state index in [1.54, 1.807) is 19.1 Å². The lowest BCUT2D eigenvalue weighted by atomic mass is 9.76. The van der Waals surface area contributed by atoms with Crippen molar-refractivity contribution < 1.29 is 36.9 Å². The van der Waals surface area contributed by atoms with Gasteiger partial charge in [-0.15, -0.1) is 0 Å². The van der Waals surface area contributed by atoms with Crippen LogP contribution >= 0.6 is 0 Å². The van der Waals surface area contributed by atoms with E-state index in [0.29, 0.717) is 74.6 Å². The van der Waals surface area contributed by atoms with E-state index >= 15 is 0 Å². The van der Waals surface area contributed by atoms with Crippen LogP contribution in [0.15, 0.2) is 54.7 Å². The van der Waals surface area contributed by atoms with Crippen molar-refractivity contribution in [3.63, 3.8) is 0 Å². The highest BCUT2D eigenvalue weighted by Gasteiger charge is 2.46. The Morgan fingerprint density at radius 2 is 1.86 bits per heavy atom. The van der Waals surface area contributed by atoms with Crippen LogP contribution in [0, 0.1) is 18.2 Å². The van der Waals surface area contributed by atoms with Crippen LogP contribution in [0.25, 0.3) is 16.8 Å². The first kappa shape index (κ1) is 34.0. The van der Waals surface area contributed by atoms with E-state index in [1.807, 2.05) is 11.8 Å². The summed E-state index contributed by atoms with van der Waals surface area (Å²) in [7, 11) is 0. The smallest absolute Gasteiger partial charge is 0.429 e. The highest BCUT2D eigenvalue weighted by atomic mass is 19.4. The van der Waals surface area contributed by atoms with Crippen molar-refractivity contribution in [2.24, 2.45) is 5.41 Å². The average molecular weight is 684 g/mol. The summed E-state index contributed by atoms with van der Waals surface area (Å²) in [5.41, 5.74) is 7.10. The highest BCUT2D eigenvalue weighted by molar-refractivity contribution is 5.74. The Labute approximate surface area is 280 Å². The molecule has 4 heterocycles. The Kier molecular flexibility index (Phi) is 9.38. The number of carboxylic acid groups (broad SMARTS) is 1. The Hall–Kier alpha value is -4.92. The number of anilines is 2. The monoisotopic (exact) mass is 683 g/mol. The predicted octanol–water partition coefficient (Wildman–Crippen LogP) is 5.86. The van der Waals surface area contributed by atoms with Crippen LogP contribution in [0.3, 0.4) is 0 Å². The largest absolute Gasteiger partial charge is 0.491 e. The zero-order valence-corrected chi connectivity index (χ0v) is 27.0. The molecule has 1 unspecified atom stereocenters. The second-order valence-electron chi connectivity index (χ2n) is 12.6. The van der Waals surface area contributed by atoms with Crippen LogP contribution in [0.1, 0.15) is 50.0 Å². The number of carbonyl (C=O) groups is 1. The molecule has 4 aromatic rings. The second kappa shape index (κ2) is 13.5. The number of nitrogens with one attached hydrogen (secondary N) is 1. The maximum Gasteiger partial charge on any atom is 0.429 e. The number of aryl methyl sites for hydroxylation is 1. The summed E-state index contributed by atoms with van der Waals surface area (Å²) in [5.74, 6) is -1.70. The molecule has 4 N–H and O–H groups in total. The molecule has 49 heavy (non-hydrogen) atoms. The van der Waals surface area contributed by atoms with Crippen molar-refractivity contribution in [2.75, 3.05) is 36.9 Å². The van der Waals surface area contributed by atoms with Gasteiger partial charge in [-0.05, 0) is 73.4 Å². The van der Waals surface area contributed by atoms with Gasteiger partial charge in [-0.1, -0.05) is 25.1 Å². The van der Waals surface area contributed by atoms with Crippen LogP contribution in [0.2, 0.25) is 0 Å². The van der Waals surface area contributed by atoms with Gasteiger partial charge in [0.2, 0.25) is 17.9 Å². The van der Waals surface area contributed by atoms with Gasteiger partial charge in [-0.2, -0.15) is 28.2 Å². The van der Waals surface area contributed by atoms with Gasteiger partial charge >= 0.3 is 12.1 Å². The zero-order chi connectivity index (χ0) is 34.9. The molecule has 0 saturated carbocycles. The Morgan fingerprint density at radius 3 is 2.49 bits per heavy atom. The average Bonchev–Trinajstić information content (AvgIpc) is 3.69. The van der Waals surface area contributed by atoms with E-state index in [1.165, 1.54) is 47.3 Å². The number of piperidine rings is 1. The number of hydrogen-bond donors (Lipinski definition) is 3. The normalized spacial score (nSPS) is 18.1. The lowest BCUT2D eigenvalue weighted by Gasteiger charge is -2.39. The standard InChI is InChI=1S/C34H37F4N7O4/c1-3-14-48-27-7-5-21(15-24(27)35)22-4-6-23(26(16-22)45-11-8-20(2)43-45)30(34(36,37)38)49-29-17-28(41-32(39)42-29)44-12-9-33(10-13-44)18-25(31(46)47)40-19-33/h4-8,11,15-17,25,30,40H,3,9-10,12-14,18-19H2,1-2H3,(H,46,47)(H2,39,41,42)/t25?,30-/m1/s1. The molecular formula is C34H37F4N7O4. The molecule has 6 rings (SSSR count). The number of nitrogens with two attached hydrogens (primary N) is 1. The Bertz CT molecular complexity index is 1820. The summed E-state index contributed by atoms with van der Waals surface area (Å²) < 4.78 is 71.9. The summed E-state index contributed by atoms with van der Waals surface area (Å²) >= 11 is 0. The number of hydrogen-bond acceptors (Lipinski definition) is 9. The molecule has 0 amide bonds. The molecule has 2 aliphatic heterocycles. The van der Waals surface area contributed by atoms with Crippen LogP contribution in [0.5, 0.6) is 11.6 Å². The first-order chi connectivity index (χ1) is 23.3. The minimum Gasteiger partial charge on any atom is -0.491 e. The fraction of sp³-hybridized carbons (Fsp3) is 0.412. The van der Waals surface area contributed by atoms with Crippen LogP contribution in [0.4, 0.5) is 29.3 Å². The number of aromatic nitrogens is 4. The molecule has 260 valence electrons. The summed E-state index contributed by atoms with van der Waals surface area (Å²) in [6.45, 7) is 5.55. The molecule has 11 nitrogen and oxygen atoms in total. The number of rotatable bonds is 10. The van der Waals surface area contributed by atoms with Gasteiger partial charge in [-0.25, -0.2) is 9.07 Å². The van der Waals surface area contributed by atoms with Crippen molar-refractivity contribution >= 4 is 17.7 Å². The number of halogens is 4. The van der Waals surface area contributed by atoms with E-state index in [-0.39, 0.29) is 34.2 Å². The van der Waals surface area contributed by atoms with Gasteiger partial charge in [0.25, 0.3) is 0 Å². The number of aliphatic carboxylic acids is 1. The van der Waals surface area contributed by atoms with Crippen molar-refractivity contribution in [2.45, 2.75) is 57.9 Å². The number of benzene rings is 2. The topological polar surface area (TPSA) is 141 Å². The minimum atomic E-state index is -4.89. The summed E-state index contributed by atoms with van der Waals surface area (Å²) in [6, 6.07) is 11.0. The van der Waals surface area contributed by atoms with Gasteiger partial charge < -0.3 is 30.5 Å². The van der Waals surface area contributed by atoms with Crippen molar-refractivity contribution in [3.8, 4) is 28.4 Å². The third kappa shape index (κ3) is 7.41. The van der Waals surface area contributed by atoms with E-state index < -0.39 is 30.1 Å². The molecule has 2 fully saturated rings. The number of carboxylic acids is 1. The van der Waals surface area contributed by atoms with Crippen LogP contribution in [-0.4, -0.2) is 69.3 Å². The first-order valence-electron chi connectivity index (χ1n) is 16.0. The second-order valence-corrected chi connectivity index (χ2v) is 12.6. The lowest BCUT2D eigenvalue weighted by Crippen LogP contribution is -2.41. The summed E-state index contributed by atoms with van der Waals surface area (Å²) in [5, 5.41) is 16.8. The molecular weight excluding hydrogens is 646 g/mol. The number of ether oxygens (including phenoxy) is 2. The maximum atomic E-state index is 14.9. The predicted molar refractivity (Wildman–Crippen MR) is 173 cm³/mol. The van der Waals surface area contributed by atoms with Crippen molar-refractivity contribution in [1.82, 2.24) is 25.1 Å². The number of nitrogen functional groups attached to an aromatic ring is 1. The molecule has 0 radical (unpaired) electrons. The Balaban J connectivity index is 1.30. The summed E-state index contributed by atoms with van der Waals surface area (Å²) in [4.78, 5) is 21.6. The third-order valence-electron chi connectivity index (χ3n) is 9.06. The van der Waals surface area contributed by atoms with Crippen LogP contribution < -0.4 is 25.4 Å². The lowest BCUT2D eigenvalue weighted by molar-refractivity contribution is -0.198. The molecule has 0 aliphatic carbocycles. The molecule has 2 saturated heterocycles. The van der Waals surface area contributed by atoms with Gasteiger partial charge in [0.15, 0.2) is 11.6 Å². The fourth-order valence-electron chi connectivity index (χ4n) is 6.46. The summed E-state index contributed by atoms with van der Waals surface area (Å²) in [6.07, 6.45) is -3.28. The Morgan fingerprint density at radius 1 is 1.12 bits per heavy atom. The maximum absolute atomic E-state index is 14.9. The minimum absolute atomic E-state index is 0.0769. The highest BCUT2D eigenvalue weighted by Crippen LogP contribution is 2.43. The van der Waals surface area contributed by atoms with E-state index in [2.05, 4.69) is 20.4 Å². The SMILES string of the molecule is CCCOc1ccc(-c2ccc([C@@H](Oc3cc(N4CCC5(CC4)CNC(C(=O)O)C5)nc(N)n3)C(F)(F)F)c(-n3ccc(C)n3)c2)cc1F. The molecule has 1 spiro atoms. The number of alkyl halides is 3. The molecule has 2 aliphatic rings. The zero-order valence-electron chi connectivity index (χ0n) is 27.0. The van der Waals surface area contributed by atoms with Crippen molar-refractivity contribution in [1.29, 1.82) is 0 Å². The van der Waals surface area contributed by atoms with Crippen molar-refractivity contribution in [3.05, 3.63) is 71.8 Å². The van der Waals surface area contributed by atoms with Crippen LogP contribution in [-0.2, 0) is 4.79 Å². The van der Waals surface area contributed by atoms with E-state index in [0.717, 1.165) is 0 Å². The van der Waals surface area contributed by atoms with Gasteiger partial charge in [0.05, 0.1) is 18.0 Å². The molecule has 0 bridgehead atoms. The third-order valence-corrected chi connectivity index (χ3v) is 9.06. The molecule has 2 aromatic heterocycles. The molecule has 2 aromatic carbocycles. The molecule has 2 atom stereocenters. The first-order valence-corrected chi connectivity index (χ1v) is 16.0.